The number of sulfonamides is 1. The molecule has 1 aromatic carbocycles. The highest BCUT2D eigenvalue weighted by Crippen LogP contribution is 2.35. The first-order valence-electron chi connectivity index (χ1n) is 4.32. The van der Waals surface area contributed by atoms with Crippen molar-refractivity contribution < 1.29 is 17.7 Å². The molecule has 1 aliphatic rings. The van der Waals surface area contributed by atoms with Gasteiger partial charge in [0.15, 0.2) is 0 Å². The molecular formula is C7H8ClN3O4S2. The van der Waals surface area contributed by atoms with E-state index >= 15 is 0 Å². The molecule has 1 heterocycles. The Balaban J connectivity index is 2.46. The van der Waals surface area contributed by atoms with E-state index in [1.54, 1.807) is 0 Å². The average Bonchev–Trinajstić information content (AvgIpc) is 2.26. The molecule has 0 aliphatic carbocycles. The van der Waals surface area contributed by atoms with Gasteiger partial charge in [-0.2, -0.15) is 10.6 Å². The van der Waals surface area contributed by atoms with Crippen molar-refractivity contribution in [2.45, 2.75) is 9.79 Å². The summed E-state index contributed by atoms with van der Waals surface area (Å²) in [4.78, 5) is 4.39. The maximum absolute atomic E-state index is 11.7. The summed E-state index contributed by atoms with van der Waals surface area (Å²) in [6.07, 6.45) is 0. The normalized spacial score (nSPS) is 17.3. The van der Waals surface area contributed by atoms with Crippen LogP contribution in [0.2, 0.25) is 5.02 Å². The molecule has 0 amide bonds. The van der Waals surface area contributed by atoms with E-state index in [2.05, 4.69) is 25.3 Å². The van der Waals surface area contributed by atoms with Crippen LogP contribution in [0.25, 0.3) is 0 Å². The zero-order valence-corrected chi connectivity index (χ0v) is 10.7. The average molecular weight is 298 g/mol. The Morgan fingerprint density at radius 3 is 2.94 bits per heavy atom. The van der Waals surface area contributed by atoms with Crippen molar-refractivity contribution in [2.75, 3.05) is 12.0 Å². The summed E-state index contributed by atoms with van der Waals surface area (Å²) < 4.78 is 30.2. The molecule has 0 saturated heterocycles. The third-order valence-electron chi connectivity index (χ3n) is 2.03. The minimum atomic E-state index is -3.52. The molecule has 0 bridgehead atoms. The van der Waals surface area contributed by atoms with Crippen molar-refractivity contribution in [1.82, 2.24) is 4.72 Å². The van der Waals surface area contributed by atoms with Crippen LogP contribution in [-0.2, 0) is 19.3 Å². The second kappa shape index (κ2) is 4.98. The molecule has 0 spiro atoms. The lowest BCUT2D eigenvalue weighted by Gasteiger charge is -2.20. The van der Waals surface area contributed by atoms with Gasteiger partial charge < -0.3 is 5.32 Å². The lowest BCUT2D eigenvalue weighted by molar-refractivity contribution is -0.195. The van der Waals surface area contributed by atoms with Crippen LogP contribution < -0.4 is 15.9 Å². The van der Waals surface area contributed by atoms with Gasteiger partial charge in [0.05, 0.1) is 34.3 Å². The molecule has 1 aliphatic heterocycles. The first kappa shape index (κ1) is 12.9. The Morgan fingerprint density at radius 1 is 1.47 bits per heavy atom. The molecule has 0 radical (unpaired) electrons. The fourth-order valence-corrected chi connectivity index (χ4v) is 3.18. The van der Waals surface area contributed by atoms with Gasteiger partial charge in [0.25, 0.3) is 0 Å². The lowest BCUT2D eigenvalue weighted by atomic mass is 10.3. The SMILES string of the molecule is NOOSc1cc2c(cc1Cl)NCNS2(=O)=O. The van der Waals surface area contributed by atoms with Crippen molar-refractivity contribution >= 4 is 39.4 Å². The number of benzene rings is 1. The van der Waals surface area contributed by atoms with E-state index < -0.39 is 10.0 Å². The topological polar surface area (TPSA) is 103 Å². The van der Waals surface area contributed by atoms with E-state index in [1.807, 2.05) is 0 Å². The molecular weight excluding hydrogens is 290 g/mol. The molecule has 0 unspecified atom stereocenters. The quantitative estimate of drug-likeness (QED) is 0.431. The number of nitrogens with one attached hydrogen (secondary N) is 2. The summed E-state index contributed by atoms with van der Waals surface area (Å²) in [6, 6.07) is 2.87. The molecule has 1 aromatic rings. The Bertz CT molecular complexity index is 536. The van der Waals surface area contributed by atoms with Gasteiger partial charge in [-0.15, -0.1) is 9.32 Å². The van der Waals surface area contributed by atoms with Crippen molar-refractivity contribution in [3.63, 3.8) is 0 Å². The number of hydrogen-bond donors (Lipinski definition) is 3. The predicted octanol–water partition coefficient (Wildman–Crippen LogP) is 0.830. The zero-order valence-electron chi connectivity index (χ0n) is 8.27. The first-order chi connectivity index (χ1) is 8.04. The molecule has 0 saturated carbocycles. The van der Waals surface area contributed by atoms with Gasteiger partial charge in [-0.1, -0.05) is 11.6 Å². The predicted molar refractivity (Wildman–Crippen MR) is 62.5 cm³/mol. The Hall–Kier alpha value is -0.550. The molecule has 94 valence electrons. The van der Waals surface area contributed by atoms with Crippen LogP contribution in [0, 0.1) is 0 Å². The van der Waals surface area contributed by atoms with Gasteiger partial charge >= 0.3 is 0 Å². The maximum atomic E-state index is 11.7. The van der Waals surface area contributed by atoms with E-state index in [0.29, 0.717) is 15.6 Å². The van der Waals surface area contributed by atoms with Crippen LogP contribution in [0.5, 0.6) is 0 Å². The Labute approximate surface area is 107 Å². The second-order valence-corrected chi connectivity index (χ2v) is 5.91. The Morgan fingerprint density at radius 2 is 2.24 bits per heavy atom. The molecule has 17 heavy (non-hydrogen) atoms. The van der Waals surface area contributed by atoms with Crippen molar-refractivity contribution in [1.29, 1.82) is 0 Å². The van der Waals surface area contributed by atoms with Crippen LogP contribution in [-0.4, -0.2) is 15.1 Å². The summed E-state index contributed by atoms with van der Waals surface area (Å²) in [5.74, 6) is 4.69. The minimum Gasteiger partial charge on any atom is -0.370 e. The van der Waals surface area contributed by atoms with Crippen molar-refractivity contribution in [2.24, 2.45) is 5.90 Å². The summed E-state index contributed by atoms with van der Waals surface area (Å²) in [5, 5.41) is 3.19. The van der Waals surface area contributed by atoms with E-state index in [1.165, 1.54) is 12.1 Å². The third kappa shape index (κ3) is 2.65. The van der Waals surface area contributed by atoms with Gasteiger partial charge in [-0.05, 0) is 12.1 Å². The summed E-state index contributed by atoms with van der Waals surface area (Å²) in [6.45, 7) is 0.126. The summed E-state index contributed by atoms with van der Waals surface area (Å²) >= 11 is 6.66. The summed E-state index contributed by atoms with van der Waals surface area (Å²) in [7, 11) is -3.52. The van der Waals surface area contributed by atoms with Crippen LogP contribution in [0.3, 0.4) is 0 Å². The highest BCUT2D eigenvalue weighted by molar-refractivity contribution is 7.94. The fraction of sp³-hybridized carbons (Fsp3) is 0.143. The molecule has 2 rings (SSSR count). The van der Waals surface area contributed by atoms with Crippen LogP contribution >= 0.6 is 23.6 Å². The number of anilines is 1. The molecule has 7 nitrogen and oxygen atoms in total. The first-order valence-corrected chi connectivity index (χ1v) is 6.92. The van der Waals surface area contributed by atoms with Crippen molar-refractivity contribution in [3.8, 4) is 0 Å². The molecule has 4 N–H and O–H groups in total. The summed E-state index contributed by atoms with van der Waals surface area (Å²) in [5.41, 5.74) is 0.437. The number of nitrogens with two attached hydrogens (primary N) is 1. The van der Waals surface area contributed by atoms with Gasteiger partial charge in [-0.25, -0.2) is 8.42 Å². The molecule has 0 aromatic heterocycles. The van der Waals surface area contributed by atoms with E-state index in [0.717, 1.165) is 12.0 Å². The van der Waals surface area contributed by atoms with Gasteiger partial charge in [-0.3, -0.25) is 0 Å². The van der Waals surface area contributed by atoms with Gasteiger partial charge in [0, 0.05) is 0 Å². The smallest absolute Gasteiger partial charge is 0.244 e. The zero-order chi connectivity index (χ0) is 12.5. The lowest BCUT2D eigenvalue weighted by Crippen LogP contribution is -2.34. The van der Waals surface area contributed by atoms with Crippen molar-refractivity contribution in [3.05, 3.63) is 17.2 Å². The van der Waals surface area contributed by atoms with Crippen LogP contribution in [0.1, 0.15) is 0 Å². The van der Waals surface area contributed by atoms with Crippen LogP contribution in [0.4, 0.5) is 5.69 Å². The number of fused-ring (bicyclic) bond motifs is 1. The fourth-order valence-electron chi connectivity index (χ4n) is 1.32. The van der Waals surface area contributed by atoms with E-state index in [9.17, 15) is 8.42 Å². The molecule has 0 atom stereocenters. The number of rotatable bonds is 3. The van der Waals surface area contributed by atoms with E-state index in [-0.39, 0.29) is 11.6 Å². The third-order valence-corrected chi connectivity index (χ3v) is 4.56. The number of halogens is 1. The monoisotopic (exact) mass is 297 g/mol. The largest absolute Gasteiger partial charge is 0.370 e. The Kier molecular flexibility index (Phi) is 3.78. The van der Waals surface area contributed by atoms with Crippen LogP contribution in [0.15, 0.2) is 21.9 Å². The highest BCUT2D eigenvalue weighted by Gasteiger charge is 2.24. The van der Waals surface area contributed by atoms with Gasteiger partial charge in [0.1, 0.15) is 4.90 Å². The maximum Gasteiger partial charge on any atom is 0.244 e. The number of hydrogen-bond acceptors (Lipinski definition) is 7. The minimum absolute atomic E-state index is 0.0938. The highest BCUT2D eigenvalue weighted by atomic mass is 35.5. The standard InChI is InChI=1S/C7H8ClN3O4S2/c8-4-1-5-7(2-6(4)16-15-14-9)17(12,13)11-3-10-5/h1-2,10-11H,3,9H2. The molecule has 10 heteroatoms. The van der Waals surface area contributed by atoms with E-state index in [4.69, 9.17) is 11.6 Å². The molecule has 0 fully saturated rings. The van der Waals surface area contributed by atoms with Gasteiger partial charge in [0.2, 0.25) is 10.0 Å². The second-order valence-electron chi connectivity index (χ2n) is 3.03.